The van der Waals surface area contributed by atoms with Crippen LogP contribution in [0.4, 0.5) is 4.39 Å². The second kappa shape index (κ2) is 6.23. The number of rotatable bonds is 4. The first-order valence-corrected chi connectivity index (χ1v) is 7.06. The van der Waals surface area contributed by atoms with E-state index in [4.69, 9.17) is 4.74 Å². The van der Waals surface area contributed by atoms with Crippen LogP contribution < -0.4 is 4.74 Å². The predicted molar refractivity (Wildman–Crippen MR) is 76.2 cm³/mol. The molecule has 0 aromatic heterocycles. The van der Waals surface area contributed by atoms with Gasteiger partial charge in [0.2, 0.25) is 0 Å². The first-order chi connectivity index (χ1) is 9.57. The number of ether oxygens (including phenoxy) is 1. The molecule has 1 aliphatic rings. The smallest absolute Gasteiger partial charge is 0.124 e. The third-order valence-electron chi connectivity index (χ3n) is 3.89. The zero-order valence-electron chi connectivity index (χ0n) is 12.2. The van der Waals surface area contributed by atoms with Crippen molar-refractivity contribution in [1.29, 1.82) is 5.26 Å². The maximum Gasteiger partial charge on any atom is 0.124 e. The lowest BCUT2D eigenvalue weighted by Gasteiger charge is -2.27. The highest BCUT2D eigenvalue weighted by atomic mass is 19.1. The van der Waals surface area contributed by atoms with Crippen LogP contribution in [0, 0.1) is 17.1 Å². The summed E-state index contributed by atoms with van der Waals surface area (Å²) in [4.78, 5) is 2.10. The Kier molecular flexibility index (Phi) is 4.61. The summed E-state index contributed by atoms with van der Waals surface area (Å²) in [6, 6.07) is 6.96. The number of nitriles is 1. The van der Waals surface area contributed by atoms with Gasteiger partial charge in [-0.2, -0.15) is 5.26 Å². The van der Waals surface area contributed by atoms with Crippen molar-refractivity contribution < 1.29 is 9.13 Å². The summed E-state index contributed by atoms with van der Waals surface area (Å²) in [6.45, 7) is 1.52. The molecule has 0 saturated carbocycles. The summed E-state index contributed by atoms with van der Waals surface area (Å²) < 4.78 is 19.2. The first kappa shape index (κ1) is 14.8. The van der Waals surface area contributed by atoms with Crippen LogP contribution in [0.2, 0.25) is 0 Å². The van der Waals surface area contributed by atoms with E-state index in [-0.39, 0.29) is 5.82 Å². The summed E-state index contributed by atoms with van der Waals surface area (Å²) >= 11 is 0. The number of benzene rings is 1. The highest BCUT2D eigenvalue weighted by Crippen LogP contribution is 2.41. The molecule has 1 aromatic carbocycles. The molecular weight excluding hydrogens is 255 g/mol. The Morgan fingerprint density at radius 2 is 2.25 bits per heavy atom. The minimum absolute atomic E-state index is 0.304. The Bertz CT molecular complexity index is 510. The van der Waals surface area contributed by atoms with E-state index < -0.39 is 5.41 Å². The number of nitrogens with zero attached hydrogens (tertiary/aromatic N) is 2. The molecule has 20 heavy (non-hydrogen) atoms. The molecule has 1 aromatic rings. The molecule has 108 valence electrons. The van der Waals surface area contributed by atoms with Gasteiger partial charge in [-0.15, -0.1) is 0 Å². The zero-order chi connectivity index (χ0) is 14.6. The van der Waals surface area contributed by atoms with Crippen molar-refractivity contribution in [3.63, 3.8) is 0 Å². The van der Waals surface area contributed by atoms with Crippen LogP contribution >= 0.6 is 0 Å². The van der Waals surface area contributed by atoms with Crippen molar-refractivity contribution >= 4 is 0 Å². The van der Waals surface area contributed by atoms with Gasteiger partial charge in [-0.3, -0.25) is 0 Å². The Morgan fingerprint density at radius 1 is 1.45 bits per heavy atom. The zero-order valence-corrected chi connectivity index (χ0v) is 12.2. The van der Waals surface area contributed by atoms with E-state index in [1.54, 1.807) is 6.07 Å². The lowest BCUT2D eigenvalue weighted by atomic mass is 9.74. The fourth-order valence-corrected chi connectivity index (χ4v) is 2.82. The molecule has 1 unspecified atom stereocenters. The molecule has 0 bridgehead atoms. The van der Waals surface area contributed by atoms with Gasteiger partial charge in [0.25, 0.3) is 0 Å². The maximum absolute atomic E-state index is 13.6. The van der Waals surface area contributed by atoms with Crippen LogP contribution in [0.15, 0.2) is 18.2 Å². The number of hydrogen-bond donors (Lipinski definition) is 0. The van der Waals surface area contributed by atoms with Gasteiger partial charge in [0.1, 0.15) is 11.6 Å². The topological polar surface area (TPSA) is 36.3 Å². The number of halogens is 1. The predicted octanol–water partition coefficient (Wildman–Crippen LogP) is 3.10. The van der Waals surface area contributed by atoms with Crippen LogP contribution in [-0.2, 0) is 5.41 Å². The molecule has 0 radical (unpaired) electrons. The van der Waals surface area contributed by atoms with Gasteiger partial charge in [0, 0.05) is 5.56 Å². The van der Waals surface area contributed by atoms with E-state index in [0.29, 0.717) is 12.4 Å². The molecule has 1 atom stereocenters. The monoisotopic (exact) mass is 276 g/mol. The average molecular weight is 276 g/mol. The Hall–Kier alpha value is -1.60. The van der Waals surface area contributed by atoms with Crippen LogP contribution in [0.3, 0.4) is 0 Å². The molecule has 0 amide bonds. The summed E-state index contributed by atoms with van der Waals surface area (Å²) in [5.74, 6) is 0.358. The molecule has 0 spiro atoms. The van der Waals surface area contributed by atoms with Gasteiger partial charge in [-0.05, 0) is 64.5 Å². The minimum Gasteiger partial charge on any atom is -0.493 e. The highest BCUT2D eigenvalue weighted by molar-refractivity contribution is 5.44. The van der Waals surface area contributed by atoms with Crippen molar-refractivity contribution in [3.8, 4) is 11.8 Å². The van der Waals surface area contributed by atoms with E-state index in [1.807, 2.05) is 14.1 Å². The van der Waals surface area contributed by atoms with Crippen molar-refractivity contribution in [2.45, 2.75) is 31.1 Å². The molecule has 2 rings (SSSR count). The van der Waals surface area contributed by atoms with Crippen LogP contribution in [0.5, 0.6) is 5.75 Å². The molecule has 1 heterocycles. The van der Waals surface area contributed by atoms with Crippen molar-refractivity contribution in [1.82, 2.24) is 4.90 Å². The highest BCUT2D eigenvalue weighted by Gasteiger charge is 2.36. The Labute approximate surface area is 120 Å². The minimum atomic E-state index is -0.621. The maximum atomic E-state index is 13.6. The van der Waals surface area contributed by atoms with Crippen molar-refractivity contribution in [2.24, 2.45) is 0 Å². The molecule has 1 aliphatic heterocycles. The van der Waals surface area contributed by atoms with Gasteiger partial charge in [0.15, 0.2) is 0 Å². The fourth-order valence-electron chi connectivity index (χ4n) is 2.82. The van der Waals surface area contributed by atoms with Gasteiger partial charge >= 0.3 is 0 Å². The largest absolute Gasteiger partial charge is 0.493 e. The van der Waals surface area contributed by atoms with Crippen LogP contribution in [0.1, 0.15) is 31.2 Å². The van der Waals surface area contributed by atoms with E-state index in [1.165, 1.54) is 12.1 Å². The van der Waals surface area contributed by atoms with Crippen molar-refractivity contribution in [2.75, 3.05) is 27.2 Å². The SMILES string of the molecule is CN(C)CCCC1(C#N)CCCOc2ccc(F)cc21. The summed E-state index contributed by atoms with van der Waals surface area (Å²) in [5, 5.41) is 9.73. The molecular formula is C16H21FN2O. The molecule has 4 heteroatoms. The first-order valence-electron chi connectivity index (χ1n) is 7.06. The lowest BCUT2D eigenvalue weighted by Crippen LogP contribution is -2.26. The van der Waals surface area contributed by atoms with Gasteiger partial charge < -0.3 is 9.64 Å². The standard InChI is InChI=1S/C16H21FN2O/c1-19(2)9-3-7-16(12-18)8-4-10-20-15-6-5-13(17)11-14(15)16/h5-6,11H,3-4,7-10H2,1-2H3. The van der Waals surface area contributed by atoms with Crippen LogP contribution in [0.25, 0.3) is 0 Å². The van der Waals surface area contributed by atoms with E-state index in [2.05, 4.69) is 11.0 Å². The van der Waals surface area contributed by atoms with E-state index in [0.717, 1.165) is 37.8 Å². The molecule has 3 nitrogen and oxygen atoms in total. The fraction of sp³-hybridized carbons (Fsp3) is 0.562. The van der Waals surface area contributed by atoms with Gasteiger partial charge in [-0.1, -0.05) is 0 Å². The lowest BCUT2D eigenvalue weighted by molar-refractivity contribution is 0.312. The third-order valence-corrected chi connectivity index (χ3v) is 3.89. The summed E-state index contributed by atoms with van der Waals surface area (Å²) in [7, 11) is 4.03. The summed E-state index contributed by atoms with van der Waals surface area (Å²) in [5.41, 5.74) is 0.0977. The second-order valence-corrected chi connectivity index (χ2v) is 5.69. The average Bonchev–Trinajstić information content (AvgIpc) is 2.59. The molecule has 0 aliphatic carbocycles. The van der Waals surface area contributed by atoms with Crippen LogP contribution in [-0.4, -0.2) is 32.1 Å². The molecule has 0 N–H and O–H groups in total. The molecule has 0 fully saturated rings. The van der Waals surface area contributed by atoms with Crippen molar-refractivity contribution in [3.05, 3.63) is 29.6 Å². The van der Waals surface area contributed by atoms with E-state index in [9.17, 15) is 9.65 Å². The molecule has 0 saturated heterocycles. The second-order valence-electron chi connectivity index (χ2n) is 5.69. The number of fused-ring (bicyclic) bond motifs is 1. The Balaban J connectivity index is 2.32. The normalized spacial score (nSPS) is 21.8. The third kappa shape index (κ3) is 3.10. The summed E-state index contributed by atoms with van der Waals surface area (Å²) in [6.07, 6.45) is 3.21. The van der Waals surface area contributed by atoms with Gasteiger partial charge in [0.05, 0.1) is 18.1 Å². The van der Waals surface area contributed by atoms with Gasteiger partial charge in [-0.25, -0.2) is 4.39 Å². The number of hydrogen-bond acceptors (Lipinski definition) is 3. The van der Waals surface area contributed by atoms with E-state index >= 15 is 0 Å². The quantitative estimate of drug-likeness (QED) is 0.848. The Morgan fingerprint density at radius 3 is 2.95 bits per heavy atom.